The van der Waals surface area contributed by atoms with Crippen molar-refractivity contribution in [1.82, 2.24) is 9.80 Å². The molecule has 43 heavy (non-hydrogen) atoms. The maximum atomic E-state index is 14.7. The number of amides is 3. The van der Waals surface area contributed by atoms with Crippen molar-refractivity contribution in [2.45, 2.75) is 82.4 Å². The number of rotatable bonds is 9. The number of aliphatic hydroxyl groups excluding tert-OH is 1. The minimum absolute atomic E-state index is 0.00315. The van der Waals surface area contributed by atoms with Gasteiger partial charge in [-0.1, -0.05) is 45.1 Å². The Morgan fingerprint density at radius 3 is 2.35 bits per heavy atom. The molecule has 8 nitrogen and oxygen atoms in total. The fourth-order valence-corrected chi connectivity index (χ4v) is 9.84. The van der Waals surface area contributed by atoms with E-state index in [0.29, 0.717) is 39.1 Å². The van der Waals surface area contributed by atoms with Crippen molar-refractivity contribution >= 4 is 35.2 Å². The molecule has 1 aromatic carbocycles. The highest BCUT2D eigenvalue weighted by Gasteiger charge is 2.71. The summed E-state index contributed by atoms with van der Waals surface area (Å²) >= 11 is 1.61. The molecular weight excluding hydrogens is 562 g/mol. The van der Waals surface area contributed by atoms with Crippen LogP contribution < -0.4 is 9.64 Å². The Balaban J connectivity index is 1.54. The van der Waals surface area contributed by atoms with Crippen LogP contribution in [0.3, 0.4) is 0 Å². The first-order chi connectivity index (χ1) is 20.3. The zero-order valence-corrected chi connectivity index (χ0v) is 27.2. The fourth-order valence-electron chi connectivity index (χ4n) is 7.83. The second-order valence-corrected chi connectivity index (χ2v) is 15.5. The Labute approximate surface area is 260 Å². The molecule has 1 N–H and O–H groups in total. The summed E-state index contributed by atoms with van der Waals surface area (Å²) in [6.45, 7) is 14.5. The van der Waals surface area contributed by atoms with Gasteiger partial charge in [0.25, 0.3) is 0 Å². The molecule has 2 fully saturated rings. The third-order valence-electron chi connectivity index (χ3n) is 9.12. The maximum Gasteiger partial charge on any atom is 0.247 e. The Hall–Kier alpha value is -2.78. The average molecular weight is 610 g/mol. The number of unbranched alkanes of at least 4 members (excludes halogenated alkanes) is 1. The number of carbonyl (C=O) groups is 3. The van der Waals surface area contributed by atoms with Gasteiger partial charge in [-0.05, 0) is 69.7 Å². The SMILES string of the molecule is CCOc1ccc(N2CC=C[C@@H]3S[C@]45C=CCN(C(C)(C)CC(C)(C)C)C(=O)C4N(CCCCO)C(=O)[C@@H]5[C@@H]3C2=O)cc1. The summed E-state index contributed by atoms with van der Waals surface area (Å²) in [7, 11) is 0. The number of likely N-dealkylation sites (tertiary alicyclic amines) is 1. The predicted molar refractivity (Wildman–Crippen MR) is 171 cm³/mol. The quantitative estimate of drug-likeness (QED) is 0.323. The van der Waals surface area contributed by atoms with Crippen LogP contribution in [0.4, 0.5) is 5.69 Å². The highest BCUT2D eigenvalue weighted by molar-refractivity contribution is 8.02. The maximum absolute atomic E-state index is 14.7. The highest BCUT2D eigenvalue weighted by atomic mass is 32.2. The van der Waals surface area contributed by atoms with Gasteiger partial charge in [-0.2, -0.15) is 0 Å². The molecule has 0 aromatic heterocycles. The van der Waals surface area contributed by atoms with Gasteiger partial charge in [0.2, 0.25) is 17.7 Å². The van der Waals surface area contributed by atoms with E-state index in [1.54, 1.807) is 21.6 Å². The number of hydrogen-bond acceptors (Lipinski definition) is 6. The van der Waals surface area contributed by atoms with E-state index in [1.165, 1.54) is 0 Å². The van der Waals surface area contributed by atoms with Crippen LogP contribution in [0.25, 0.3) is 0 Å². The Kier molecular flexibility index (Phi) is 8.80. The van der Waals surface area contributed by atoms with E-state index in [-0.39, 0.29) is 35.0 Å². The largest absolute Gasteiger partial charge is 0.494 e. The minimum atomic E-state index is -0.850. The summed E-state index contributed by atoms with van der Waals surface area (Å²) in [5, 5.41) is 9.28. The first-order valence-corrected chi connectivity index (χ1v) is 16.5. The van der Waals surface area contributed by atoms with E-state index < -0.39 is 28.2 Å². The Morgan fingerprint density at radius 2 is 1.70 bits per heavy atom. The molecule has 4 aliphatic rings. The minimum Gasteiger partial charge on any atom is -0.494 e. The van der Waals surface area contributed by atoms with Gasteiger partial charge < -0.3 is 24.5 Å². The molecule has 4 aliphatic heterocycles. The summed E-state index contributed by atoms with van der Waals surface area (Å²) in [4.78, 5) is 49.1. The number of thioether (sulfide) groups is 1. The van der Waals surface area contributed by atoms with Gasteiger partial charge >= 0.3 is 0 Å². The van der Waals surface area contributed by atoms with Gasteiger partial charge in [-0.25, -0.2) is 0 Å². The van der Waals surface area contributed by atoms with Gasteiger partial charge in [-0.3, -0.25) is 14.4 Å². The third-order valence-corrected chi connectivity index (χ3v) is 10.9. The number of nitrogens with zero attached hydrogens (tertiary/aromatic N) is 3. The van der Waals surface area contributed by atoms with Crippen molar-refractivity contribution < 1.29 is 24.2 Å². The predicted octanol–water partition coefficient (Wildman–Crippen LogP) is 4.67. The Bertz CT molecular complexity index is 1290. The number of benzene rings is 1. The van der Waals surface area contributed by atoms with Crippen LogP contribution in [0.1, 0.15) is 60.8 Å². The summed E-state index contributed by atoms with van der Waals surface area (Å²) < 4.78 is 4.75. The van der Waals surface area contributed by atoms with Crippen LogP contribution in [-0.4, -0.2) is 87.1 Å². The van der Waals surface area contributed by atoms with E-state index in [2.05, 4.69) is 52.8 Å². The molecule has 5 atom stereocenters. The molecule has 1 aromatic rings. The molecule has 1 unspecified atom stereocenters. The van der Waals surface area contributed by atoms with Crippen LogP contribution in [0, 0.1) is 17.3 Å². The van der Waals surface area contributed by atoms with Gasteiger partial charge in [0.05, 0.1) is 23.2 Å². The van der Waals surface area contributed by atoms with Crippen LogP contribution >= 0.6 is 11.8 Å². The van der Waals surface area contributed by atoms with Crippen molar-refractivity contribution in [2.24, 2.45) is 17.3 Å². The molecule has 5 rings (SSSR count). The second kappa shape index (κ2) is 12.0. The molecule has 2 saturated heterocycles. The van der Waals surface area contributed by atoms with Gasteiger partial charge in [0.15, 0.2) is 0 Å². The summed E-state index contributed by atoms with van der Waals surface area (Å²) in [6.07, 6.45) is 10.2. The number of fused-ring (bicyclic) bond motifs is 2. The first-order valence-electron chi connectivity index (χ1n) is 15.6. The molecular formula is C34H47N3O5S. The van der Waals surface area contributed by atoms with Crippen LogP contribution in [0.15, 0.2) is 48.6 Å². The standard InChI is InChI=1S/C34H47N3O5S/c1-7-42-24-15-13-23(14-16-24)35-19-10-12-25-26(29(35)39)27-30(40)36(18-8-9-21-38)28-31(41)37(20-11-17-34(27,28)43-25)33(5,6)22-32(2,3)4/h10-17,25-28,38H,7-9,18-22H2,1-6H3/t25-,26+,27-,28?,34-/m0/s1. The molecule has 0 radical (unpaired) electrons. The van der Waals surface area contributed by atoms with E-state index >= 15 is 0 Å². The zero-order chi connectivity index (χ0) is 31.2. The van der Waals surface area contributed by atoms with E-state index in [9.17, 15) is 19.5 Å². The number of aliphatic hydroxyl groups is 1. The van der Waals surface area contributed by atoms with Crippen molar-refractivity contribution in [3.8, 4) is 5.75 Å². The first kappa shape index (κ1) is 31.6. The van der Waals surface area contributed by atoms with Gasteiger partial charge in [-0.15, -0.1) is 11.8 Å². The van der Waals surface area contributed by atoms with Crippen molar-refractivity contribution in [3.63, 3.8) is 0 Å². The lowest BCUT2D eigenvalue weighted by molar-refractivity contribution is -0.146. The van der Waals surface area contributed by atoms with Crippen molar-refractivity contribution in [1.29, 1.82) is 0 Å². The monoisotopic (exact) mass is 609 g/mol. The molecule has 4 heterocycles. The molecule has 0 aliphatic carbocycles. The molecule has 234 valence electrons. The smallest absolute Gasteiger partial charge is 0.247 e. The second-order valence-electron chi connectivity index (χ2n) is 14.0. The number of ether oxygens (including phenoxy) is 1. The van der Waals surface area contributed by atoms with Crippen LogP contribution in [-0.2, 0) is 14.4 Å². The van der Waals surface area contributed by atoms with Gasteiger partial charge in [0, 0.05) is 42.7 Å². The zero-order valence-electron chi connectivity index (χ0n) is 26.4. The molecule has 3 amide bonds. The molecule has 9 heteroatoms. The fraction of sp³-hybridized carbons (Fsp3) is 0.618. The molecule has 0 bridgehead atoms. The van der Waals surface area contributed by atoms with E-state index in [4.69, 9.17) is 4.74 Å². The lowest BCUT2D eigenvalue weighted by Gasteiger charge is -2.44. The third kappa shape index (κ3) is 5.75. The molecule has 1 spiro atoms. The summed E-state index contributed by atoms with van der Waals surface area (Å²) in [5.74, 6) is -0.791. The van der Waals surface area contributed by atoms with E-state index in [0.717, 1.165) is 17.9 Å². The molecule has 0 saturated carbocycles. The van der Waals surface area contributed by atoms with Crippen LogP contribution in [0.5, 0.6) is 5.75 Å². The lowest BCUT2D eigenvalue weighted by Crippen LogP contribution is -2.58. The number of anilines is 1. The average Bonchev–Trinajstić information content (AvgIpc) is 3.23. The lowest BCUT2D eigenvalue weighted by atomic mass is 9.77. The number of carbonyl (C=O) groups excluding carboxylic acids is 3. The van der Waals surface area contributed by atoms with Crippen molar-refractivity contribution in [3.05, 3.63) is 48.6 Å². The van der Waals surface area contributed by atoms with Crippen molar-refractivity contribution in [2.75, 3.05) is 37.7 Å². The topological polar surface area (TPSA) is 90.4 Å². The normalized spacial score (nSPS) is 29.0. The summed E-state index contributed by atoms with van der Waals surface area (Å²) in [6, 6.07) is 6.80. The summed E-state index contributed by atoms with van der Waals surface area (Å²) in [5.41, 5.74) is 0.328. The Morgan fingerprint density at radius 1 is 0.977 bits per heavy atom. The van der Waals surface area contributed by atoms with Gasteiger partial charge in [0.1, 0.15) is 11.8 Å². The van der Waals surface area contributed by atoms with Crippen LogP contribution in [0.2, 0.25) is 0 Å². The number of hydrogen-bond donors (Lipinski definition) is 1. The van der Waals surface area contributed by atoms with E-state index in [1.807, 2.05) is 42.2 Å². The highest BCUT2D eigenvalue weighted by Crippen LogP contribution is 2.61.